The van der Waals surface area contributed by atoms with Gasteiger partial charge in [0.2, 0.25) is 0 Å². The van der Waals surface area contributed by atoms with E-state index in [-0.39, 0.29) is 12.0 Å². The van der Waals surface area contributed by atoms with Gasteiger partial charge in [-0.2, -0.15) is 0 Å². The number of benzene rings is 1. The van der Waals surface area contributed by atoms with E-state index in [4.69, 9.17) is 9.47 Å². The number of hydroxylamine groups is 2. The summed E-state index contributed by atoms with van der Waals surface area (Å²) in [7, 11) is 1.50. The molecule has 5 heteroatoms. The van der Waals surface area contributed by atoms with Crippen molar-refractivity contribution >= 4 is 0 Å². The monoisotopic (exact) mass is 293 g/mol. The van der Waals surface area contributed by atoms with Gasteiger partial charge in [-0.3, -0.25) is 10.3 Å². The van der Waals surface area contributed by atoms with Crippen LogP contribution in [0.15, 0.2) is 42.6 Å². The fraction of sp³-hybridized carbons (Fsp3) is 0.500. The van der Waals surface area contributed by atoms with Crippen LogP contribution in [0, 0.1) is 5.92 Å². The summed E-state index contributed by atoms with van der Waals surface area (Å²) in [4.78, 5) is 0. The lowest BCUT2D eigenvalue weighted by Crippen LogP contribution is -2.29. The Kier molecular flexibility index (Phi) is 5.36. The van der Waals surface area contributed by atoms with Gasteiger partial charge in [-0.25, -0.2) is 0 Å². The smallest absolute Gasteiger partial charge is 0.183 e. The number of rotatable bonds is 6. The normalized spacial score (nSPS) is 26.6. The lowest BCUT2D eigenvalue weighted by molar-refractivity contribution is -0.157. The van der Waals surface area contributed by atoms with E-state index in [0.29, 0.717) is 18.7 Å². The van der Waals surface area contributed by atoms with Crippen LogP contribution in [0.4, 0.5) is 0 Å². The molecular weight excluding hydrogens is 270 g/mol. The minimum atomic E-state index is -0.642. The Bertz CT molecular complexity index is 465. The van der Waals surface area contributed by atoms with Crippen LogP contribution in [0.5, 0.6) is 0 Å². The fourth-order valence-electron chi connectivity index (χ4n) is 2.51. The summed E-state index contributed by atoms with van der Waals surface area (Å²) in [6.45, 7) is 6.24. The summed E-state index contributed by atoms with van der Waals surface area (Å²) in [6, 6.07) is 9.67. The van der Waals surface area contributed by atoms with Crippen LogP contribution in [0.25, 0.3) is 0 Å². The second-order valence-corrected chi connectivity index (χ2v) is 5.40. The molecule has 1 aliphatic rings. The first-order chi connectivity index (χ1) is 10.0. The Morgan fingerprint density at radius 1 is 1.48 bits per heavy atom. The molecule has 116 valence electrons. The molecule has 1 saturated heterocycles. The second kappa shape index (κ2) is 7.04. The van der Waals surface area contributed by atoms with Gasteiger partial charge in [-0.05, 0) is 5.56 Å². The third-order valence-electron chi connectivity index (χ3n) is 3.92. The van der Waals surface area contributed by atoms with Crippen molar-refractivity contribution < 1.29 is 19.8 Å². The molecule has 1 unspecified atom stereocenters. The molecule has 2 rings (SSSR count). The summed E-state index contributed by atoms with van der Waals surface area (Å²) < 4.78 is 10.7. The van der Waals surface area contributed by atoms with Gasteiger partial charge in [0.25, 0.3) is 0 Å². The van der Waals surface area contributed by atoms with E-state index in [9.17, 15) is 10.3 Å². The highest BCUT2D eigenvalue weighted by atomic mass is 16.7. The highest BCUT2D eigenvalue weighted by Crippen LogP contribution is 2.30. The number of hydrogen-bond donors (Lipinski definition) is 2. The Hall–Kier alpha value is -1.40. The Morgan fingerprint density at radius 2 is 2.14 bits per heavy atom. The molecule has 4 atom stereocenters. The summed E-state index contributed by atoms with van der Waals surface area (Å²) in [5.41, 5.74) is 1.56. The van der Waals surface area contributed by atoms with Gasteiger partial charge in [-0.1, -0.05) is 43.8 Å². The van der Waals surface area contributed by atoms with Crippen LogP contribution < -0.4 is 0 Å². The number of methoxy groups -OCH3 is 1. The zero-order valence-electron chi connectivity index (χ0n) is 12.5. The Morgan fingerprint density at radius 3 is 2.71 bits per heavy atom. The summed E-state index contributed by atoms with van der Waals surface area (Å²) in [5.74, 6) is -0.117. The molecule has 1 aromatic carbocycles. The molecule has 0 bridgehead atoms. The summed E-state index contributed by atoms with van der Waals surface area (Å²) in [5, 5.41) is 21.1. The van der Waals surface area contributed by atoms with Gasteiger partial charge in [-0.15, -0.1) is 0 Å². The number of ether oxygens (including phenoxy) is 2. The van der Waals surface area contributed by atoms with Crippen molar-refractivity contribution in [2.24, 2.45) is 5.92 Å². The van der Waals surface area contributed by atoms with E-state index in [0.717, 1.165) is 10.6 Å². The average Bonchev–Trinajstić information content (AvgIpc) is 2.87. The highest BCUT2D eigenvalue weighted by molar-refractivity contribution is 5.15. The highest BCUT2D eigenvalue weighted by Gasteiger charge is 2.38. The standard InChI is InChI=1S/C16H23NO4/c1-11(15-9-14(18)16(20-3)21-15)12(2)17(19)10-13-7-5-4-6-8-13/h4-8,11,14-16,18-19H,2,9-10H2,1,3H3/t11?,14-,15+,16-/m1/s1. The minimum Gasteiger partial charge on any atom is -0.388 e. The quantitative estimate of drug-likeness (QED) is 0.787. The summed E-state index contributed by atoms with van der Waals surface area (Å²) >= 11 is 0. The topological polar surface area (TPSA) is 62.2 Å². The molecule has 21 heavy (non-hydrogen) atoms. The Balaban J connectivity index is 1.93. The SMILES string of the molecule is C=C(C(C)[C@@H]1C[C@@H](O)[C@H](OC)O1)N(O)Cc1ccccc1. The molecular formula is C16H23NO4. The van der Waals surface area contributed by atoms with Gasteiger partial charge >= 0.3 is 0 Å². The second-order valence-electron chi connectivity index (χ2n) is 5.40. The van der Waals surface area contributed by atoms with Crippen LogP contribution in [-0.4, -0.2) is 41.0 Å². The first-order valence-corrected chi connectivity index (χ1v) is 7.08. The summed E-state index contributed by atoms with van der Waals surface area (Å²) in [6.07, 6.45) is -0.997. The van der Waals surface area contributed by atoms with Crippen LogP contribution in [-0.2, 0) is 16.0 Å². The number of nitrogens with zero attached hydrogens (tertiary/aromatic N) is 1. The maximum Gasteiger partial charge on any atom is 0.183 e. The molecule has 0 saturated carbocycles. The molecule has 0 aromatic heterocycles. The first-order valence-electron chi connectivity index (χ1n) is 7.08. The molecule has 1 heterocycles. The molecule has 0 spiro atoms. The van der Waals surface area contributed by atoms with E-state index in [1.54, 1.807) is 0 Å². The van der Waals surface area contributed by atoms with Gasteiger partial charge < -0.3 is 14.6 Å². The number of hydrogen-bond acceptors (Lipinski definition) is 5. The number of aliphatic hydroxyl groups excluding tert-OH is 1. The molecule has 1 fully saturated rings. The predicted molar refractivity (Wildman–Crippen MR) is 78.4 cm³/mol. The zero-order chi connectivity index (χ0) is 15.4. The van der Waals surface area contributed by atoms with Crippen LogP contribution in [0.2, 0.25) is 0 Å². The van der Waals surface area contributed by atoms with Crippen LogP contribution in [0.1, 0.15) is 18.9 Å². The molecule has 0 amide bonds. The third-order valence-corrected chi connectivity index (χ3v) is 3.92. The van der Waals surface area contributed by atoms with Crippen LogP contribution in [0.3, 0.4) is 0 Å². The lowest BCUT2D eigenvalue weighted by Gasteiger charge is -2.27. The molecule has 5 nitrogen and oxygen atoms in total. The lowest BCUT2D eigenvalue weighted by atomic mass is 9.98. The molecule has 1 aliphatic heterocycles. The van der Waals surface area contributed by atoms with E-state index in [1.165, 1.54) is 7.11 Å². The molecule has 0 radical (unpaired) electrons. The average molecular weight is 293 g/mol. The van der Waals surface area contributed by atoms with Gasteiger partial charge in [0.1, 0.15) is 6.10 Å². The van der Waals surface area contributed by atoms with Gasteiger partial charge in [0.05, 0.1) is 12.6 Å². The van der Waals surface area contributed by atoms with Crippen molar-refractivity contribution in [2.75, 3.05) is 7.11 Å². The van der Waals surface area contributed by atoms with Crippen molar-refractivity contribution in [3.05, 3.63) is 48.2 Å². The molecule has 2 N–H and O–H groups in total. The van der Waals surface area contributed by atoms with Crippen molar-refractivity contribution in [2.45, 2.75) is 38.4 Å². The van der Waals surface area contributed by atoms with Crippen molar-refractivity contribution in [1.29, 1.82) is 0 Å². The minimum absolute atomic E-state index is 0.117. The van der Waals surface area contributed by atoms with E-state index < -0.39 is 12.4 Å². The zero-order valence-corrected chi connectivity index (χ0v) is 12.5. The molecule has 1 aromatic rings. The fourth-order valence-corrected chi connectivity index (χ4v) is 2.51. The van der Waals surface area contributed by atoms with E-state index in [1.807, 2.05) is 37.3 Å². The number of aliphatic hydroxyl groups is 1. The maximum atomic E-state index is 10.2. The van der Waals surface area contributed by atoms with Crippen molar-refractivity contribution in [3.8, 4) is 0 Å². The largest absolute Gasteiger partial charge is 0.388 e. The van der Waals surface area contributed by atoms with E-state index in [2.05, 4.69) is 6.58 Å². The Labute approximate surface area is 125 Å². The third kappa shape index (κ3) is 3.83. The maximum absolute atomic E-state index is 10.2. The van der Waals surface area contributed by atoms with Crippen molar-refractivity contribution in [1.82, 2.24) is 5.06 Å². The predicted octanol–water partition coefficient (Wildman–Crippen LogP) is 2.15. The van der Waals surface area contributed by atoms with E-state index >= 15 is 0 Å². The molecule has 0 aliphatic carbocycles. The first kappa shape index (κ1) is 16.0. The van der Waals surface area contributed by atoms with Crippen molar-refractivity contribution in [3.63, 3.8) is 0 Å². The van der Waals surface area contributed by atoms with Gasteiger partial charge in [0.15, 0.2) is 6.29 Å². The van der Waals surface area contributed by atoms with Crippen LogP contribution >= 0.6 is 0 Å². The van der Waals surface area contributed by atoms with Gasteiger partial charge in [0, 0.05) is 25.1 Å².